The minimum absolute atomic E-state index is 0.0177. The first-order valence-corrected chi connectivity index (χ1v) is 10.3. The smallest absolute Gasteiger partial charge is 0.320 e. The molecule has 3 heterocycles. The van der Waals surface area contributed by atoms with E-state index < -0.39 is 5.41 Å². The highest BCUT2D eigenvalue weighted by atomic mass is 16.5. The molecule has 1 aromatic rings. The highest BCUT2D eigenvalue weighted by Crippen LogP contribution is 2.42. The first-order chi connectivity index (χ1) is 14.4. The van der Waals surface area contributed by atoms with Crippen LogP contribution in [0.15, 0.2) is 30.3 Å². The van der Waals surface area contributed by atoms with Crippen molar-refractivity contribution >= 4 is 17.8 Å². The number of urea groups is 1. The van der Waals surface area contributed by atoms with E-state index in [0.717, 1.165) is 0 Å². The normalized spacial score (nSPS) is 25.8. The average Bonchev–Trinajstić information content (AvgIpc) is 3.39. The fraction of sp³-hybridized carbons (Fsp3) is 0.571. The average molecular weight is 416 g/mol. The number of aliphatic hydroxyl groups is 1. The molecule has 0 saturated carbocycles. The Balaban J connectivity index is 1.32. The van der Waals surface area contributed by atoms with Gasteiger partial charge >= 0.3 is 6.03 Å². The molecule has 162 valence electrons. The van der Waals surface area contributed by atoms with Crippen LogP contribution in [0.1, 0.15) is 0 Å². The number of benzene rings is 1. The molecular weight excluding hydrogens is 388 g/mol. The van der Waals surface area contributed by atoms with Gasteiger partial charge in [-0.2, -0.15) is 0 Å². The van der Waals surface area contributed by atoms with Crippen molar-refractivity contribution in [2.24, 2.45) is 11.3 Å². The van der Waals surface area contributed by atoms with Crippen LogP contribution in [0.25, 0.3) is 0 Å². The number of ether oxygens (including phenoxy) is 1. The summed E-state index contributed by atoms with van der Waals surface area (Å²) in [6, 6.07) is 9.04. The third kappa shape index (κ3) is 3.81. The van der Waals surface area contributed by atoms with Gasteiger partial charge in [0.2, 0.25) is 5.91 Å². The van der Waals surface area contributed by atoms with Crippen molar-refractivity contribution < 1.29 is 24.2 Å². The summed E-state index contributed by atoms with van der Waals surface area (Å²) >= 11 is 0. The Bertz CT molecular complexity index is 819. The molecule has 0 aromatic heterocycles. The molecule has 1 N–H and O–H groups in total. The summed E-state index contributed by atoms with van der Waals surface area (Å²) in [5.41, 5.74) is -0.510. The lowest BCUT2D eigenvalue weighted by Gasteiger charge is -2.28. The molecule has 3 aliphatic heterocycles. The van der Waals surface area contributed by atoms with Gasteiger partial charge in [0, 0.05) is 57.6 Å². The Hall–Kier alpha value is -2.81. The third-order valence-corrected chi connectivity index (χ3v) is 6.51. The van der Waals surface area contributed by atoms with Crippen molar-refractivity contribution in [2.45, 2.75) is 0 Å². The van der Waals surface area contributed by atoms with E-state index in [2.05, 4.69) is 0 Å². The van der Waals surface area contributed by atoms with Gasteiger partial charge in [0.05, 0.1) is 6.61 Å². The maximum absolute atomic E-state index is 12.7. The van der Waals surface area contributed by atoms with E-state index in [4.69, 9.17) is 4.74 Å². The summed E-state index contributed by atoms with van der Waals surface area (Å²) in [4.78, 5) is 44.0. The summed E-state index contributed by atoms with van der Waals surface area (Å²) in [5, 5.41) is 10.1. The minimum Gasteiger partial charge on any atom is -0.484 e. The van der Waals surface area contributed by atoms with E-state index in [1.165, 1.54) is 0 Å². The molecule has 0 bridgehead atoms. The van der Waals surface area contributed by atoms with Crippen LogP contribution in [0.5, 0.6) is 5.75 Å². The van der Waals surface area contributed by atoms with Gasteiger partial charge in [0.25, 0.3) is 5.91 Å². The largest absolute Gasteiger partial charge is 0.484 e. The van der Waals surface area contributed by atoms with Gasteiger partial charge in [-0.15, -0.1) is 0 Å². The van der Waals surface area contributed by atoms with Crippen LogP contribution in [0.4, 0.5) is 4.79 Å². The van der Waals surface area contributed by atoms with E-state index >= 15 is 0 Å². The Morgan fingerprint density at radius 1 is 1.10 bits per heavy atom. The third-order valence-electron chi connectivity index (χ3n) is 6.51. The van der Waals surface area contributed by atoms with E-state index in [-0.39, 0.29) is 43.5 Å². The number of nitrogens with zero attached hydrogens (tertiary/aromatic N) is 4. The molecule has 9 heteroatoms. The fourth-order valence-corrected chi connectivity index (χ4v) is 4.65. The Labute approximate surface area is 175 Å². The van der Waals surface area contributed by atoms with Crippen molar-refractivity contribution in [2.75, 3.05) is 66.1 Å². The molecule has 0 aliphatic carbocycles. The second-order valence-corrected chi connectivity index (χ2v) is 8.49. The lowest BCUT2D eigenvalue weighted by molar-refractivity contribution is -0.133. The number of hydrogen-bond acceptors (Lipinski definition) is 5. The number of para-hydroxylation sites is 1. The second kappa shape index (κ2) is 8.14. The number of likely N-dealkylation sites (tertiary alicyclic amines) is 2. The standard InChI is InChI=1S/C21H28N4O5/c1-22-7-8-23(20(22)29)11-18(27)24-9-16-10-25(14-21(16,13-24)15-26)19(28)12-30-17-5-3-2-4-6-17/h2-6,16,26H,7-15H2,1H3/t16-,21+/m0/s1. The number of amides is 4. The Morgan fingerprint density at radius 3 is 2.33 bits per heavy atom. The molecule has 1 aromatic carbocycles. The van der Waals surface area contributed by atoms with Crippen LogP contribution in [-0.4, -0.2) is 109 Å². The van der Waals surface area contributed by atoms with Crippen molar-refractivity contribution in [1.29, 1.82) is 0 Å². The number of aliphatic hydroxyl groups excluding tert-OH is 1. The monoisotopic (exact) mass is 416 g/mol. The predicted molar refractivity (Wildman–Crippen MR) is 108 cm³/mol. The first kappa shape index (κ1) is 20.5. The van der Waals surface area contributed by atoms with Crippen LogP contribution in [-0.2, 0) is 9.59 Å². The molecule has 0 unspecified atom stereocenters. The van der Waals surface area contributed by atoms with E-state index in [9.17, 15) is 19.5 Å². The Morgan fingerprint density at radius 2 is 1.77 bits per heavy atom. The van der Waals surface area contributed by atoms with Crippen molar-refractivity contribution in [1.82, 2.24) is 19.6 Å². The highest BCUT2D eigenvalue weighted by molar-refractivity contribution is 5.85. The highest BCUT2D eigenvalue weighted by Gasteiger charge is 2.54. The van der Waals surface area contributed by atoms with Gasteiger partial charge in [-0.05, 0) is 12.1 Å². The van der Waals surface area contributed by atoms with Gasteiger partial charge < -0.3 is 29.4 Å². The number of hydrogen-bond donors (Lipinski definition) is 1. The zero-order chi connectivity index (χ0) is 21.3. The summed E-state index contributed by atoms with van der Waals surface area (Å²) in [6.45, 7) is 2.87. The van der Waals surface area contributed by atoms with Gasteiger partial charge in [0.1, 0.15) is 12.3 Å². The van der Waals surface area contributed by atoms with Crippen LogP contribution in [0.2, 0.25) is 0 Å². The topological polar surface area (TPSA) is 93.6 Å². The molecule has 4 amide bonds. The van der Waals surface area contributed by atoms with Gasteiger partial charge in [-0.25, -0.2) is 4.79 Å². The van der Waals surface area contributed by atoms with Crippen molar-refractivity contribution in [3.8, 4) is 5.75 Å². The molecule has 3 saturated heterocycles. The molecule has 9 nitrogen and oxygen atoms in total. The van der Waals surface area contributed by atoms with E-state index in [1.807, 2.05) is 18.2 Å². The molecular formula is C21H28N4O5. The van der Waals surface area contributed by atoms with Crippen LogP contribution in [0.3, 0.4) is 0 Å². The number of carbonyl (C=O) groups is 3. The molecule has 3 fully saturated rings. The van der Waals surface area contributed by atoms with Gasteiger partial charge in [0.15, 0.2) is 6.61 Å². The Kier molecular flexibility index (Phi) is 5.55. The van der Waals surface area contributed by atoms with Gasteiger partial charge in [-0.3, -0.25) is 9.59 Å². The van der Waals surface area contributed by atoms with Crippen LogP contribution < -0.4 is 4.74 Å². The second-order valence-electron chi connectivity index (χ2n) is 8.49. The SMILES string of the molecule is CN1CCN(CC(=O)N2C[C@H]3CN(C(=O)COc4ccccc4)C[C@@]3(CO)C2)C1=O. The van der Waals surface area contributed by atoms with Crippen molar-refractivity contribution in [3.05, 3.63) is 30.3 Å². The fourth-order valence-electron chi connectivity index (χ4n) is 4.65. The van der Waals surface area contributed by atoms with E-state index in [1.54, 1.807) is 38.8 Å². The van der Waals surface area contributed by atoms with Crippen LogP contribution in [0, 0.1) is 11.3 Å². The number of likely N-dealkylation sites (N-methyl/N-ethyl adjacent to an activating group) is 1. The number of carbonyl (C=O) groups excluding carboxylic acids is 3. The molecule has 2 atom stereocenters. The summed E-state index contributed by atoms with van der Waals surface area (Å²) < 4.78 is 5.56. The number of fused-ring (bicyclic) bond motifs is 1. The zero-order valence-corrected chi connectivity index (χ0v) is 17.2. The van der Waals surface area contributed by atoms with Crippen molar-refractivity contribution in [3.63, 3.8) is 0 Å². The lowest BCUT2D eigenvalue weighted by Crippen LogP contribution is -2.44. The predicted octanol–water partition coefficient (Wildman–Crippen LogP) is -0.288. The maximum atomic E-state index is 12.7. The summed E-state index contributed by atoms with van der Waals surface area (Å²) in [6.07, 6.45) is 0. The van der Waals surface area contributed by atoms with Gasteiger partial charge in [-0.1, -0.05) is 18.2 Å². The molecule has 30 heavy (non-hydrogen) atoms. The quantitative estimate of drug-likeness (QED) is 0.688. The summed E-state index contributed by atoms with van der Waals surface area (Å²) in [5.74, 6) is 0.431. The minimum atomic E-state index is -0.510. The molecule has 3 aliphatic rings. The molecule has 4 rings (SSSR count). The first-order valence-electron chi connectivity index (χ1n) is 10.3. The lowest BCUT2D eigenvalue weighted by atomic mass is 9.82. The van der Waals surface area contributed by atoms with E-state index in [0.29, 0.717) is 45.0 Å². The summed E-state index contributed by atoms with van der Waals surface area (Å²) in [7, 11) is 1.72. The molecule has 0 radical (unpaired) electrons. The zero-order valence-electron chi connectivity index (χ0n) is 17.2. The van der Waals surface area contributed by atoms with Crippen LogP contribution >= 0.6 is 0 Å². The number of rotatable bonds is 6. The maximum Gasteiger partial charge on any atom is 0.320 e. The molecule has 0 spiro atoms.